The maximum Gasteiger partial charge on any atom is 0.256 e. The van der Waals surface area contributed by atoms with Crippen molar-refractivity contribution < 1.29 is 4.79 Å². The first kappa shape index (κ1) is 16.2. The molecule has 0 bridgehead atoms. The molecule has 0 saturated heterocycles. The van der Waals surface area contributed by atoms with Gasteiger partial charge in [-0.05, 0) is 44.9 Å². The number of carbonyl (C=O) groups excluding carboxylic acids is 1. The number of rotatable bonds is 5. The molecule has 116 valence electrons. The molecule has 1 N–H and O–H groups in total. The van der Waals surface area contributed by atoms with E-state index in [4.69, 9.17) is 11.6 Å². The lowest BCUT2D eigenvalue weighted by Crippen LogP contribution is -2.41. The average molecular weight is 309 g/mol. The lowest BCUT2D eigenvalue weighted by Gasteiger charge is -2.34. The van der Waals surface area contributed by atoms with E-state index in [0.29, 0.717) is 16.6 Å². The minimum Gasteiger partial charge on any atom is -0.385 e. The quantitative estimate of drug-likeness (QED) is 0.864. The molecule has 0 aromatic heterocycles. The first-order valence-corrected chi connectivity index (χ1v) is 8.39. The summed E-state index contributed by atoms with van der Waals surface area (Å²) in [5, 5.41) is 3.87. The summed E-state index contributed by atoms with van der Waals surface area (Å²) in [4.78, 5) is 15.0. The van der Waals surface area contributed by atoms with E-state index in [-0.39, 0.29) is 5.91 Å². The van der Waals surface area contributed by atoms with Crippen LogP contribution >= 0.6 is 11.6 Å². The number of nitrogens with zero attached hydrogens (tertiary/aromatic N) is 1. The van der Waals surface area contributed by atoms with Gasteiger partial charge in [0.15, 0.2) is 0 Å². The topological polar surface area (TPSA) is 32.3 Å². The number of benzene rings is 1. The van der Waals surface area contributed by atoms with Gasteiger partial charge >= 0.3 is 0 Å². The van der Waals surface area contributed by atoms with Crippen molar-refractivity contribution in [1.82, 2.24) is 4.90 Å². The molecule has 1 aromatic carbocycles. The third-order valence-electron chi connectivity index (χ3n) is 4.20. The summed E-state index contributed by atoms with van der Waals surface area (Å²) in [5.41, 5.74) is 1.57. The van der Waals surface area contributed by atoms with E-state index in [1.807, 2.05) is 24.0 Å². The van der Waals surface area contributed by atoms with E-state index >= 15 is 0 Å². The largest absolute Gasteiger partial charge is 0.385 e. The number of amides is 1. The maximum atomic E-state index is 13.0. The van der Waals surface area contributed by atoms with E-state index in [9.17, 15) is 4.79 Å². The van der Waals surface area contributed by atoms with E-state index < -0.39 is 0 Å². The molecule has 0 heterocycles. The van der Waals surface area contributed by atoms with Gasteiger partial charge in [-0.25, -0.2) is 0 Å². The summed E-state index contributed by atoms with van der Waals surface area (Å²) in [7, 11) is 0. The number of hydrogen-bond donors (Lipinski definition) is 1. The molecule has 1 aliphatic rings. The smallest absolute Gasteiger partial charge is 0.256 e. The second kappa shape index (κ2) is 7.69. The summed E-state index contributed by atoms with van der Waals surface area (Å²) in [6.07, 6.45) is 5.99. The Morgan fingerprint density at radius 2 is 2.00 bits per heavy atom. The molecule has 0 unspecified atom stereocenters. The van der Waals surface area contributed by atoms with Gasteiger partial charge in [-0.2, -0.15) is 0 Å². The van der Waals surface area contributed by atoms with Gasteiger partial charge in [0.25, 0.3) is 5.91 Å². The van der Waals surface area contributed by atoms with Crippen LogP contribution in [0.25, 0.3) is 0 Å². The van der Waals surface area contributed by atoms with Crippen LogP contribution in [0.5, 0.6) is 0 Å². The maximum absolute atomic E-state index is 13.0. The van der Waals surface area contributed by atoms with Gasteiger partial charge in [-0.15, -0.1) is 0 Å². The van der Waals surface area contributed by atoms with Gasteiger partial charge < -0.3 is 10.2 Å². The first-order chi connectivity index (χ1) is 10.2. The molecule has 3 nitrogen and oxygen atoms in total. The molecule has 1 amide bonds. The van der Waals surface area contributed by atoms with Crippen molar-refractivity contribution >= 4 is 23.2 Å². The summed E-state index contributed by atoms with van der Waals surface area (Å²) >= 11 is 6.10. The van der Waals surface area contributed by atoms with Crippen LogP contribution in [0.1, 0.15) is 56.3 Å². The minimum absolute atomic E-state index is 0.0999. The van der Waals surface area contributed by atoms with Crippen LogP contribution in [0.2, 0.25) is 5.02 Å². The predicted octanol–water partition coefficient (Wildman–Crippen LogP) is 4.57. The number of anilines is 1. The Bertz CT molecular complexity index is 484. The molecule has 2 rings (SSSR count). The Kier molecular flexibility index (Phi) is 5.92. The molecule has 1 aromatic rings. The Hall–Kier alpha value is -1.22. The second-order valence-corrected chi connectivity index (χ2v) is 6.04. The summed E-state index contributed by atoms with van der Waals surface area (Å²) in [6, 6.07) is 5.89. The van der Waals surface area contributed by atoms with Crippen molar-refractivity contribution in [2.24, 2.45) is 0 Å². The highest BCUT2D eigenvalue weighted by atomic mass is 35.5. The molecule has 0 radical (unpaired) electrons. The summed E-state index contributed by atoms with van der Waals surface area (Å²) < 4.78 is 0. The van der Waals surface area contributed by atoms with Crippen LogP contribution in [-0.4, -0.2) is 29.9 Å². The highest BCUT2D eigenvalue weighted by molar-refractivity contribution is 6.31. The van der Waals surface area contributed by atoms with E-state index in [1.54, 1.807) is 6.07 Å². The minimum atomic E-state index is 0.0999. The number of nitrogens with one attached hydrogen (secondary N) is 1. The fourth-order valence-corrected chi connectivity index (χ4v) is 3.33. The van der Waals surface area contributed by atoms with Crippen LogP contribution in [0.4, 0.5) is 5.69 Å². The average Bonchev–Trinajstić information content (AvgIpc) is 2.51. The molecule has 1 fully saturated rings. The fourth-order valence-electron chi connectivity index (χ4n) is 3.15. The molecule has 0 atom stereocenters. The zero-order chi connectivity index (χ0) is 15.2. The van der Waals surface area contributed by atoms with Crippen LogP contribution in [0, 0.1) is 0 Å². The van der Waals surface area contributed by atoms with Gasteiger partial charge in [-0.1, -0.05) is 30.9 Å². The number of hydrogen-bond acceptors (Lipinski definition) is 2. The van der Waals surface area contributed by atoms with Crippen molar-refractivity contribution in [2.75, 3.05) is 18.4 Å². The Morgan fingerprint density at radius 1 is 1.29 bits per heavy atom. The SMILES string of the molecule is CCNc1ccc(Cl)cc1C(=O)N(CC)C1CCCCC1. The molecule has 0 aliphatic heterocycles. The standard InChI is InChI=1S/C17H25ClN2O/c1-3-19-16-11-10-13(18)12-15(16)17(21)20(4-2)14-8-6-5-7-9-14/h10-12,14,19H,3-9H2,1-2H3. The highest BCUT2D eigenvalue weighted by Gasteiger charge is 2.26. The van der Waals surface area contributed by atoms with Crippen LogP contribution < -0.4 is 5.32 Å². The Balaban J connectivity index is 2.25. The first-order valence-electron chi connectivity index (χ1n) is 8.01. The zero-order valence-corrected chi connectivity index (χ0v) is 13.7. The zero-order valence-electron chi connectivity index (χ0n) is 13.0. The predicted molar refractivity (Wildman–Crippen MR) is 89.2 cm³/mol. The van der Waals surface area contributed by atoms with Crippen molar-refractivity contribution in [3.8, 4) is 0 Å². The molecular weight excluding hydrogens is 284 g/mol. The number of halogens is 1. The lowest BCUT2D eigenvalue weighted by molar-refractivity contribution is 0.0649. The molecule has 4 heteroatoms. The molecule has 0 spiro atoms. The highest BCUT2D eigenvalue weighted by Crippen LogP contribution is 2.27. The van der Waals surface area contributed by atoms with Crippen LogP contribution in [-0.2, 0) is 0 Å². The van der Waals surface area contributed by atoms with Crippen molar-refractivity contribution in [3.05, 3.63) is 28.8 Å². The third-order valence-corrected chi connectivity index (χ3v) is 4.43. The summed E-state index contributed by atoms with van der Waals surface area (Å²) in [6.45, 7) is 5.63. The molecule has 1 saturated carbocycles. The molecular formula is C17H25ClN2O. The monoisotopic (exact) mass is 308 g/mol. The van der Waals surface area contributed by atoms with E-state index in [0.717, 1.165) is 31.6 Å². The van der Waals surface area contributed by atoms with Gasteiger partial charge in [0.1, 0.15) is 0 Å². The molecule has 21 heavy (non-hydrogen) atoms. The van der Waals surface area contributed by atoms with Gasteiger partial charge in [0, 0.05) is 29.8 Å². The van der Waals surface area contributed by atoms with Crippen molar-refractivity contribution in [3.63, 3.8) is 0 Å². The van der Waals surface area contributed by atoms with Gasteiger partial charge in [0.2, 0.25) is 0 Å². The van der Waals surface area contributed by atoms with Crippen LogP contribution in [0.15, 0.2) is 18.2 Å². The Morgan fingerprint density at radius 3 is 2.62 bits per heavy atom. The van der Waals surface area contributed by atoms with Gasteiger partial charge in [0.05, 0.1) is 5.56 Å². The van der Waals surface area contributed by atoms with E-state index in [2.05, 4.69) is 12.2 Å². The van der Waals surface area contributed by atoms with Crippen LogP contribution in [0.3, 0.4) is 0 Å². The lowest BCUT2D eigenvalue weighted by atomic mass is 9.93. The number of carbonyl (C=O) groups is 1. The second-order valence-electron chi connectivity index (χ2n) is 5.60. The van der Waals surface area contributed by atoms with Crippen molar-refractivity contribution in [1.29, 1.82) is 0 Å². The third kappa shape index (κ3) is 3.91. The Labute approximate surface area is 132 Å². The van der Waals surface area contributed by atoms with Gasteiger partial charge in [-0.3, -0.25) is 4.79 Å². The van der Waals surface area contributed by atoms with Crippen molar-refractivity contribution in [2.45, 2.75) is 52.0 Å². The summed E-state index contributed by atoms with van der Waals surface area (Å²) in [5.74, 6) is 0.0999. The van der Waals surface area contributed by atoms with E-state index in [1.165, 1.54) is 19.3 Å². The normalized spacial score (nSPS) is 15.8. The molecule has 1 aliphatic carbocycles. The fraction of sp³-hybridized carbons (Fsp3) is 0.588.